The lowest BCUT2D eigenvalue weighted by Crippen LogP contribution is -2.25. The number of methoxy groups -OCH3 is 2. The zero-order valence-corrected chi connectivity index (χ0v) is 19.2. The first-order chi connectivity index (χ1) is 16.1. The Balaban J connectivity index is 1.54. The SMILES string of the molecule is COc1ccc(OC)c(N2C[C@H](c3nc4ccccc4n3Cc3ccccc3Cl)CC2=O)c1. The van der Waals surface area contributed by atoms with E-state index in [0.717, 1.165) is 22.4 Å². The van der Waals surface area contributed by atoms with Crippen LogP contribution in [0.3, 0.4) is 0 Å². The molecule has 1 aliphatic heterocycles. The summed E-state index contributed by atoms with van der Waals surface area (Å²) in [4.78, 5) is 19.9. The van der Waals surface area contributed by atoms with Crippen molar-refractivity contribution < 1.29 is 14.3 Å². The smallest absolute Gasteiger partial charge is 0.227 e. The van der Waals surface area contributed by atoms with Crippen LogP contribution in [0.15, 0.2) is 66.7 Å². The van der Waals surface area contributed by atoms with Crippen molar-refractivity contribution in [2.45, 2.75) is 18.9 Å². The van der Waals surface area contributed by atoms with Gasteiger partial charge in [-0.1, -0.05) is 41.9 Å². The summed E-state index contributed by atoms with van der Waals surface area (Å²) in [5.41, 5.74) is 3.65. The Kier molecular flexibility index (Phi) is 5.68. The highest BCUT2D eigenvalue weighted by Gasteiger charge is 2.36. The Morgan fingerprint density at radius 1 is 1.03 bits per heavy atom. The molecule has 5 rings (SSSR count). The standard InChI is InChI=1S/C26H24ClN3O3/c1-32-19-11-12-24(33-2)23(14-19)29-16-18(13-25(29)31)26-28-21-9-5-6-10-22(21)30(26)15-17-7-3-4-8-20(17)27/h3-12,14,18H,13,15-16H2,1-2H3/t18-/m1/s1. The Morgan fingerprint density at radius 3 is 2.61 bits per heavy atom. The number of ether oxygens (including phenoxy) is 2. The van der Waals surface area contributed by atoms with Crippen molar-refractivity contribution in [1.29, 1.82) is 0 Å². The van der Waals surface area contributed by atoms with Crippen LogP contribution in [0.2, 0.25) is 5.02 Å². The van der Waals surface area contributed by atoms with Crippen molar-refractivity contribution in [3.63, 3.8) is 0 Å². The van der Waals surface area contributed by atoms with E-state index in [9.17, 15) is 4.79 Å². The van der Waals surface area contributed by atoms with Crippen LogP contribution in [-0.4, -0.2) is 36.2 Å². The van der Waals surface area contributed by atoms with Gasteiger partial charge in [0.25, 0.3) is 0 Å². The molecule has 6 nitrogen and oxygen atoms in total. The molecule has 7 heteroatoms. The molecule has 1 fully saturated rings. The number of imidazole rings is 1. The fourth-order valence-electron chi connectivity index (χ4n) is 4.49. The fraction of sp³-hybridized carbons (Fsp3) is 0.231. The summed E-state index contributed by atoms with van der Waals surface area (Å²) < 4.78 is 13.1. The summed E-state index contributed by atoms with van der Waals surface area (Å²) in [6.07, 6.45) is 0.367. The van der Waals surface area contributed by atoms with Crippen LogP contribution >= 0.6 is 11.6 Å². The monoisotopic (exact) mass is 461 g/mol. The largest absolute Gasteiger partial charge is 0.497 e. The summed E-state index contributed by atoms with van der Waals surface area (Å²) >= 11 is 6.47. The van der Waals surface area contributed by atoms with Crippen LogP contribution in [0.4, 0.5) is 5.69 Å². The van der Waals surface area contributed by atoms with Crippen molar-refractivity contribution in [2.75, 3.05) is 25.7 Å². The first-order valence-corrected chi connectivity index (χ1v) is 11.2. The van der Waals surface area contributed by atoms with Gasteiger partial charge in [-0.15, -0.1) is 0 Å². The van der Waals surface area contributed by atoms with Gasteiger partial charge in [0.05, 0.1) is 37.5 Å². The van der Waals surface area contributed by atoms with Crippen LogP contribution in [0.5, 0.6) is 11.5 Å². The molecule has 1 amide bonds. The second-order valence-electron chi connectivity index (χ2n) is 8.08. The number of para-hydroxylation sites is 2. The number of benzene rings is 3. The molecule has 168 valence electrons. The number of nitrogens with zero attached hydrogens (tertiary/aromatic N) is 3. The van der Waals surface area contributed by atoms with Gasteiger partial charge in [-0.25, -0.2) is 4.98 Å². The molecular weight excluding hydrogens is 438 g/mol. The molecule has 1 aromatic heterocycles. The first-order valence-electron chi connectivity index (χ1n) is 10.8. The Bertz CT molecular complexity index is 1330. The number of aromatic nitrogens is 2. The van der Waals surface area contributed by atoms with Gasteiger partial charge in [-0.2, -0.15) is 0 Å². The van der Waals surface area contributed by atoms with Crippen molar-refractivity contribution in [2.24, 2.45) is 0 Å². The molecule has 0 N–H and O–H groups in total. The average molecular weight is 462 g/mol. The predicted molar refractivity (Wildman–Crippen MR) is 130 cm³/mol. The minimum Gasteiger partial charge on any atom is -0.497 e. The third-order valence-electron chi connectivity index (χ3n) is 6.14. The second kappa shape index (κ2) is 8.79. The summed E-state index contributed by atoms with van der Waals surface area (Å²) in [6.45, 7) is 1.09. The summed E-state index contributed by atoms with van der Waals surface area (Å²) in [5, 5.41) is 0.714. The molecule has 0 bridgehead atoms. The molecule has 2 heterocycles. The number of anilines is 1. The Hall–Kier alpha value is -3.51. The van der Waals surface area contributed by atoms with E-state index in [4.69, 9.17) is 26.1 Å². The molecule has 0 radical (unpaired) electrons. The van der Waals surface area contributed by atoms with Crippen LogP contribution in [0.25, 0.3) is 11.0 Å². The highest BCUT2D eigenvalue weighted by atomic mass is 35.5. The molecule has 1 saturated heterocycles. The van der Waals surface area contributed by atoms with Gasteiger partial charge in [-0.3, -0.25) is 4.79 Å². The summed E-state index contributed by atoms with van der Waals surface area (Å²) in [6, 6.07) is 21.3. The van der Waals surface area contributed by atoms with Crippen LogP contribution in [0, 0.1) is 0 Å². The van der Waals surface area contributed by atoms with Crippen LogP contribution < -0.4 is 14.4 Å². The van der Waals surface area contributed by atoms with Gasteiger partial charge < -0.3 is 18.9 Å². The van der Waals surface area contributed by atoms with Crippen molar-refractivity contribution >= 4 is 34.2 Å². The van der Waals surface area contributed by atoms with Crippen molar-refractivity contribution in [1.82, 2.24) is 9.55 Å². The number of halogens is 1. The normalized spacial score (nSPS) is 15.9. The zero-order chi connectivity index (χ0) is 22.9. The highest BCUT2D eigenvalue weighted by molar-refractivity contribution is 6.31. The Labute approximate surface area is 197 Å². The number of amides is 1. The molecular formula is C26H24ClN3O3. The number of carbonyl (C=O) groups excluding carboxylic acids is 1. The maximum absolute atomic E-state index is 13.1. The van der Waals surface area contributed by atoms with Gasteiger partial charge in [0.2, 0.25) is 5.91 Å². The van der Waals surface area contributed by atoms with Gasteiger partial charge in [0.1, 0.15) is 17.3 Å². The molecule has 1 atom stereocenters. The number of rotatable bonds is 6. The summed E-state index contributed by atoms with van der Waals surface area (Å²) in [5.74, 6) is 2.16. The Morgan fingerprint density at radius 2 is 1.82 bits per heavy atom. The lowest BCUT2D eigenvalue weighted by atomic mass is 10.1. The lowest BCUT2D eigenvalue weighted by Gasteiger charge is -2.20. The first kappa shape index (κ1) is 21.3. The fourth-order valence-corrected chi connectivity index (χ4v) is 4.69. The minimum atomic E-state index is -0.0664. The van der Waals surface area contributed by atoms with Gasteiger partial charge >= 0.3 is 0 Å². The molecule has 4 aromatic rings. The van der Waals surface area contributed by atoms with E-state index < -0.39 is 0 Å². The molecule has 0 saturated carbocycles. The van der Waals surface area contributed by atoms with E-state index in [-0.39, 0.29) is 11.8 Å². The van der Waals surface area contributed by atoms with E-state index in [1.54, 1.807) is 19.1 Å². The number of fused-ring (bicyclic) bond motifs is 1. The lowest BCUT2D eigenvalue weighted by molar-refractivity contribution is -0.117. The summed E-state index contributed by atoms with van der Waals surface area (Å²) in [7, 11) is 3.21. The van der Waals surface area contributed by atoms with Crippen LogP contribution in [0.1, 0.15) is 23.7 Å². The molecule has 1 aliphatic rings. The van der Waals surface area contributed by atoms with E-state index in [2.05, 4.69) is 10.6 Å². The molecule has 0 spiro atoms. The van der Waals surface area contributed by atoms with E-state index >= 15 is 0 Å². The molecule has 0 aliphatic carbocycles. The third kappa shape index (κ3) is 3.91. The quantitative estimate of drug-likeness (QED) is 0.392. The van der Waals surface area contributed by atoms with Crippen molar-refractivity contribution in [3.8, 4) is 11.5 Å². The van der Waals surface area contributed by atoms with Crippen LogP contribution in [-0.2, 0) is 11.3 Å². The zero-order valence-electron chi connectivity index (χ0n) is 18.5. The van der Waals surface area contributed by atoms with E-state index in [0.29, 0.717) is 41.7 Å². The number of hydrogen-bond acceptors (Lipinski definition) is 4. The third-order valence-corrected chi connectivity index (χ3v) is 6.51. The maximum atomic E-state index is 13.1. The highest BCUT2D eigenvalue weighted by Crippen LogP contribution is 2.39. The number of hydrogen-bond donors (Lipinski definition) is 0. The molecule has 0 unspecified atom stereocenters. The average Bonchev–Trinajstić information content (AvgIpc) is 3.40. The van der Waals surface area contributed by atoms with Crippen molar-refractivity contribution in [3.05, 3.63) is 83.1 Å². The molecule has 3 aromatic carbocycles. The van der Waals surface area contributed by atoms with Gasteiger partial charge in [0.15, 0.2) is 0 Å². The van der Waals surface area contributed by atoms with Gasteiger partial charge in [0, 0.05) is 30.0 Å². The topological polar surface area (TPSA) is 56.6 Å². The van der Waals surface area contributed by atoms with E-state index in [1.807, 2.05) is 60.7 Å². The number of carbonyl (C=O) groups is 1. The predicted octanol–water partition coefficient (Wildman–Crippen LogP) is 5.28. The minimum absolute atomic E-state index is 0.0305. The second-order valence-corrected chi connectivity index (χ2v) is 8.49. The van der Waals surface area contributed by atoms with Gasteiger partial charge in [-0.05, 0) is 35.9 Å². The molecule has 33 heavy (non-hydrogen) atoms. The van der Waals surface area contributed by atoms with E-state index in [1.165, 1.54) is 0 Å². The maximum Gasteiger partial charge on any atom is 0.227 e.